The van der Waals surface area contributed by atoms with Gasteiger partial charge in [-0.25, -0.2) is 4.98 Å². The summed E-state index contributed by atoms with van der Waals surface area (Å²) in [5.41, 5.74) is 3.33. The van der Waals surface area contributed by atoms with Crippen LogP contribution in [0.1, 0.15) is 17.7 Å². The second-order valence-corrected chi connectivity index (χ2v) is 6.89. The lowest BCUT2D eigenvalue weighted by Gasteiger charge is -2.03. The lowest BCUT2D eigenvalue weighted by molar-refractivity contribution is 0.475. The van der Waals surface area contributed by atoms with E-state index in [4.69, 9.17) is 0 Å². The van der Waals surface area contributed by atoms with Crippen LogP contribution < -0.4 is 0 Å². The zero-order chi connectivity index (χ0) is 17.0. The van der Waals surface area contributed by atoms with E-state index in [1.807, 2.05) is 48.5 Å². The Kier molecular flexibility index (Phi) is 4.78. The first-order valence-electron chi connectivity index (χ1n) is 7.70. The second-order valence-electron chi connectivity index (χ2n) is 5.55. The van der Waals surface area contributed by atoms with Gasteiger partial charge in [0.15, 0.2) is 0 Å². The third-order valence-corrected chi connectivity index (χ3v) is 4.47. The molecule has 3 rings (SSSR count). The predicted molar refractivity (Wildman–Crippen MR) is 92.3 cm³/mol. The summed E-state index contributed by atoms with van der Waals surface area (Å²) in [4.78, 5) is 6.84. The molecule has 0 amide bonds. The van der Waals surface area contributed by atoms with Crippen molar-refractivity contribution < 1.29 is 13.0 Å². The van der Waals surface area contributed by atoms with Crippen molar-refractivity contribution in [2.24, 2.45) is 0 Å². The van der Waals surface area contributed by atoms with Crippen molar-refractivity contribution in [3.63, 3.8) is 0 Å². The van der Waals surface area contributed by atoms with Gasteiger partial charge in [-0.15, -0.1) is 0 Å². The molecule has 0 unspecified atom stereocenters. The molecule has 0 fully saturated rings. The number of hydrogen-bond acceptors (Lipinski definition) is 3. The van der Waals surface area contributed by atoms with Gasteiger partial charge in [-0.3, -0.25) is 4.55 Å². The molecule has 0 radical (unpaired) electrons. The van der Waals surface area contributed by atoms with Crippen molar-refractivity contribution in [2.75, 3.05) is 0 Å². The van der Waals surface area contributed by atoms with Gasteiger partial charge in [0.05, 0.1) is 5.69 Å². The first-order valence-corrected chi connectivity index (χ1v) is 9.14. The van der Waals surface area contributed by atoms with E-state index in [-0.39, 0.29) is 0 Å². The van der Waals surface area contributed by atoms with Crippen LogP contribution in [0.5, 0.6) is 0 Å². The molecule has 0 atom stereocenters. The van der Waals surface area contributed by atoms with Crippen molar-refractivity contribution in [3.8, 4) is 11.3 Å². The van der Waals surface area contributed by atoms with E-state index in [0.717, 1.165) is 18.4 Å². The Morgan fingerprint density at radius 1 is 0.917 bits per heavy atom. The van der Waals surface area contributed by atoms with Gasteiger partial charge in [0.1, 0.15) is 0 Å². The first kappa shape index (κ1) is 16.4. The molecule has 3 aromatic rings. The molecule has 24 heavy (non-hydrogen) atoms. The quantitative estimate of drug-likeness (QED) is 0.672. The summed E-state index contributed by atoms with van der Waals surface area (Å²) in [5, 5.41) is -0.406. The molecule has 124 valence electrons. The minimum Gasteiger partial charge on any atom is -0.330 e. The van der Waals surface area contributed by atoms with Gasteiger partial charge in [0.25, 0.3) is 5.16 Å². The third kappa shape index (κ3) is 3.90. The molecule has 0 aliphatic rings. The van der Waals surface area contributed by atoms with Gasteiger partial charge in [0, 0.05) is 11.3 Å². The molecule has 1 aromatic heterocycles. The standard InChI is InChI=1S/C18H18N2O3S/c21-24(22,23)18-19-16(13-7-10-14-8-3-1-4-9-14)17(20-18)15-11-5-2-6-12-15/h1-6,8-9,11-12H,7,10,13H2,(H,19,20)(H,21,22,23). The number of aryl methyl sites for hydroxylation is 2. The summed E-state index contributed by atoms with van der Waals surface area (Å²) in [5.74, 6) is 0. The van der Waals surface area contributed by atoms with Crippen LogP contribution in [0.3, 0.4) is 0 Å². The maximum absolute atomic E-state index is 11.4. The van der Waals surface area contributed by atoms with Gasteiger partial charge in [-0.05, 0) is 24.8 Å². The zero-order valence-electron chi connectivity index (χ0n) is 13.0. The monoisotopic (exact) mass is 342 g/mol. The van der Waals surface area contributed by atoms with Gasteiger partial charge in [-0.2, -0.15) is 8.42 Å². The van der Waals surface area contributed by atoms with Gasteiger partial charge in [0.2, 0.25) is 0 Å². The normalized spacial score (nSPS) is 11.5. The number of nitrogens with zero attached hydrogens (tertiary/aromatic N) is 1. The SMILES string of the molecule is O=S(=O)(O)c1nc(-c2ccccc2)c(CCCc2ccccc2)[nH]1. The molecule has 2 aromatic carbocycles. The number of imidazole rings is 1. The Morgan fingerprint density at radius 3 is 2.17 bits per heavy atom. The minimum absolute atomic E-state index is 0.406. The van der Waals surface area contributed by atoms with Crippen molar-refractivity contribution in [1.82, 2.24) is 9.97 Å². The number of aromatic amines is 1. The lowest BCUT2D eigenvalue weighted by Crippen LogP contribution is -2.00. The topological polar surface area (TPSA) is 83.1 Å². The van der Waals surface area contributed by atoms with Crippen LogP contribution in [0.25, 0.3) is 11.3 Å². The molecule has 5 nitrogen and oxygen atoms in total. The van der Waals surface area contributed by atoms with Gasteiger partial charge < -0.3 is 4.98 Å². The summed E-state index contributed by atoms with van der Waals surface area (Å²) < 4.78 is 32.0. The van der Waals surface area contributed by atoms with Crippen molar-refractivity contribution in [2.45, 2.75) is 24.4 Å². The summed E-state index contributed by atoms with van der Waals surface area (Å²) in [6.45, 7) is 0. The van der Waals surface area contributed by atoms with Gasteiger partial charge >= 0.3 is 10.1 Å². The molecule has 0 aliphatic heterocycles. The third-order valence-electron chi connectivity index (χ3n) is 3.78. The predicted octanol–water partition coefficient (Wildman–Crippen LogP) is 3.50. The smallest absolute Gasteiger partial charge is 0.328 e. The largest absolute Gasteiger partial charge is 0.330 e. The summed E-state index contributed by atoms with van der Waals surface area (Å²) in [7, 11) is -4.36. The van der Waals surface area contributed by atoms with E-state index >= 15 is 0 Å². The summed E-state index contributed by atoms with van der Waals surface area (Å²) >= 11 is 0. The lowest BCUT2D eigenvalue weighted by atomic mass is 10.0. The van der Waals surface area contributed by atoms with Crippen LogP contribution in [0.15, 0.2) is 65.8 Å². The van der Waals surface area contributed by atoms with Crippen molar-refractivity contribution >= 4 is 10.1 Å². The second kappa shape index (κ2) is 6.98. The Bertz CT molecular complexity index is 904. The van der Waals surface area contributed by atoms with Crippen molar-refractivity contribution in [1.29, 1.82) is 0 Å². The Labute approximate surface area is 141 Å². The average Bonchev–Trinajstić information content (AvgIpc) is 3.01. The molecule has 0 aliphatic carbocycles. The van der Waals surface area contributed by atoms with E-state index in [9.17, 15) is 13.0 Å². The molecule has 0 saturated heterocycles. The Morgan fingerprint density at radius 2 is 1.54 bits per heavy atom. The fourth-order valence-corrected chi connectivity index (χ4v) is 3.10. The molecule has 0 bridgehead atoms. The highest BCUT2D eigenvalue weighted by Gasteiger charge is 2.19. The average molecular weight is 342 g/mol. The number of nitrogens with one attached hydrogen (secondary N) is 1. The van der Waals surface area contributed by atoms with E-state index in [1.54, 1.807) is 0 Å². The number of H-pyrrole nitrogens is 1. The van der Waals surface area contributed by atoms with Crippen LogP contribution in [-0.2, 0) is 23.0 Å². The molecule has 0 spiro atoms. The fourth-order valence-electron chi connectivity index (χ4n) is 2.64. The number of rotatable bonds is 6. The first-order chi connectivity index (χ1) is 11.5. The minimum atomic E-state index is -4.36. The van der Waals surface area contributed by atoms with Crippen LogP contribution in [-0.4, -0.2) is 22.9 Å². The molecular formula is C18H18N2O3S. The molecule has 6 heteroatoms. The maximum Gasteiger partial charge on any atom is 0.328 e. The maximum atomic E-state index is 11.4. The number of aromatic nitrogens is 2. The summed E-state index contributed by atoms with van der Waals surface area (Å²) in [6.07, 6.45) is 2.37. The highest BCUT2D eigenvalue weighted by molar-refractivity contribution is 7.85. The zero-order valence-corrected chi connectivity index (χ0v) is 13.8. The van der Waals surface area contributed by atoms with Crippen LogP contribution in [0.2, 0.25) is 0 Å². The highest BCUT2D eigenvalue weighted by Crippen LogP contribution is 2.24. The number of benzene rings is 2. The highest BCUT2D eigenvalue weighted by atomic mass is 32.2. The van der Waals surface area contributed by atoms with Crippen molar-refractivity contribution in [3.05, 3.63) is 71.9 Å². The van der Waals surface area contributed by atoms with E-state index in [1.165, 1.54) is 5.56 Å². The van der Waals surface area contributed by atoms with Crippen LogP contribution in [0, 0.1) is 0 Å². The summed E-state index contributed by atoms with van der Waals surface area (Å²) in [6, 6.07) is 19.4. The number of hydrogen-bond donors (Lipinski definition) is 2. The molecule has 1 heterocycles. The molecule has 2 N–H and O–H groups in total. The molecule has 0 saturated carbocycles. The van der Waals surface area contributed by atoms with Crippen LogP contribution >= 0.6 is 0 Å². The fraction of sp³-hybridized carbons (Fsp3) is 0.167. The Balaban J connectivity index is 1.84. The molecular weight excluding hydrogens is 324 g/mol. The van der Waals surface area contributed by atoms with E-state index < -0.39 is 15.3 Å². The van der Waals surface area contributed by atoms with Gasteiger partial charge in [-0.1, -0.05) is 60.7 Å². The Hall–Kier alpha value is -2.44. The van der Waals surface area contributed by atoms with E-state index in [0.29, 0.717) is 17.8 Å². The van der Waals surface area contributed by atoms with Crippen LogP contribution in [0.4, 0.5) is 0 Å². The van der Waals surface area contributed by atoms with E-state index in [2.05, 4.69) is 22.1 Å².